The molecule has 182 valence electrons. The van der Waals surface area contributed by atoms with E-state index in [1.165, 1.54) is 0 Å². The van der Waals surface area contributed by atoms with Crippen molar-refractivity contribution < 1.29 is 18.8 Å². The maximum absolute atomic E-state index is 13.8. The van der Waals surface area contributed by atoms with Crippen molar-refractivity contribution >= 4 is 34.7 Å². The number of anilines is 1. The summed E-state index contributed by atoms with van der Waals surface area (Å²) in [6.45, 7) is 3.02. The Balaban J connectivity index is 1.60. The van der Waals surface area contributed by atoms with Gasteiger partial charge in [0.1, 0.15) is 6.17 Å². The van der Waals surface area contributed by atoms with Crippen molar-refractivity contribution in [3.05, 3.63) is 59.2 Å². The lowest BCUT2D eigenvalue weighted by atomic mass is 10.1. The second-order valence-corrected chi connectivity index (χ2v) is 9.25. The van der Waals surface area contributed by atoms with Gasteiger partial charge >= 0.3 is 0 Å². The largest absolute Gasteiger partial charge is 0.352 e. The quantitative estimate of drug-likeness (QED) is 0.555. The topological polar surface area (TPSA) is 96.3 Å². The number of carbonyl (C=O) groups excluding carboxylic acids is 3. The number of fused-ring (bicyclic) bond motifs is 5. The highest BCUT2D eigenvalue weighted by Crippen LogP contribution is 2.31. The van der Waals surface area contributed by atoms with E-state index >= 15 is 0 Å². The molecule has 2 aromatic carbocycles. The highest BCUT2D eigenvalue weighted by molar-refractivity contribution is 6.08. The molecule has 0 saturated carbocycles. The summed E-state index contributed by atoms with van der Waals surface area (Å²) < 4.78 is 15.7. The van der Waals surface area contributed by atoms with E-state index in [0.717, 1.165) is 19.3 Å². The number of alkyl halides is 1. The molecule has 0 radical (unpaired) electrons. The molecule has 35 heavy (non-hydrogen) atoms. The minimum atomic E-state index is -1.01. The molecule has 0 spiro atoms. The molecular formula is C26H28FN5O3. The van der Waals surface area contributed by atoms with Crippen molar-refractivity contribution in [2.45, 2.75) is 44.8 Å². The number of nitrogens with zero attached hydrogens (tertiary/aromatic N) is 3. The van der Waals surface area contributed by atoms with Crippen LogP contribution in [0.1, 0.15) is 69.7 Å². The highest BCUT2D eigenvalue weighted by atomic mass is 19.1. The van der Waals surface area contributed by atoms with Crippen LogP contribution in [0.15, 0.2) is 42.5 Å². The van der Waals surface area contributed by atoms with Crippen LogP contribution in [-0.4, -0.2) is 58.0 Å². The van der Waals surface area contributed by atoms with Crippen LogP contribution in [0.2, 0.25) is 0 Å². The van der Waals surface area contributed by atoms with Crippen LogP contribution in [0, 0.1) is 0 Å². The van der Waals surface area contributed by atoms with E-state index in [9.17, 15) is 18.8 Å². The Morgan fingerprint density at radius 3 is 2.60 bits per heavy atom. The summed E-state index contributed by atoms with van der Waals surface area (Å²) in [5.41, 5.74) is 2.43. The van der Waals surface area contributed by atoms with Crippen molar-refractivity contribution in [1.29, 1.82) is 0 Å². The summed E-state index contributed by atoms with van der Waals surface area (Å²) >= 11 is 0. The van der Waals surface area contributed by atoms with Crippen LogP contribution in [0.25, 0.3) is 11.0 Å². The van der Waals surface area contributed by atoms with Crippen LogP contribution in [0.4, 0.5) is 10.3 Å². The Morgan fingerprint density at radius 1 is 1.06 bits per heavy atom. The average molecular weight is 478 g/mol. The zero-order valence-electron chi connectivity index (χ0n) is 19.6. The summed E-state index contributed by atoms with van der Waals surface area (Å²) in [6.07, 6.45) is 1.72. The van der Waals surface area contributed by atoms with Gasteiger partial charge in [0.05, 0.1) is 23.1 Å². The van der Waals surface area contributed by atoms with Crippen molar-refractivity contribution in [2.24, 2.45) is 0 Å². The lowest BCUT2D eigenvalue weighted by molar-refractivity contribution is 0.0784. The van der Waals surface area contributed by atoms with Gasteiger partial charge in [-0.05, 0) is 62.9 Å². The summed E-state index contributed by atoms with van der Waals surface area (Å²) in [6, 6.07) is 11.8. The van der Waals surface area contributed by atoms with Gasteiger partial charge in [-0.25, -0.2) is 9.37 Å². The number of halogens is 1. The molecular weight excluding hydrogens is 449 g/mol. The fourth-order valence-electron chi connectivity index (χ4n) is 4.88. The predicted octanol–water partition coefficient (Wildman–Crippen LogP) is 3.95. The Kier molecular flexibility index (Phi) is 6.23. The SMILES string of the molecule is C[C@H]1CCCCNC(=O)c2cccc(c2)C(=O)Nc2nc3cccc(C(=O)N4CC[C@H](F)C4)c3n21. The molecule has 3 aromatic rings. The van der Waals surface area contributed by atoms with Crippen LogP contribution in [-0.2, 0) is 0 Å². The number of aromatic nitrogens is 2. The molecule has 2 atom stereocenters. The highest BCUT2D eigenvalue weighted by Gasteiger charge is 2.30. The fourth-order valence-corrected chi connectivity index (χ4v) is 4.88. The van der Waals surface area contributed by atoms with Crippen LogP contribution < -0.4 is 10.6 Å². The van der Waals surface area contributed by atoms with Gasteiger partial charge in [0.25, 0.3) is 17.7 Å². The first-order valence-corrected chi connectivity index (χ1v) is 12.1. The molecule has 2 bridgehead atoms. The van der Waals surface area contributed by atoms with Crippen molar-refractivity contribution in [3.8, 4) is 0 Å². The maximum Gasteiger partial charge on any atom is 0.257 e. The molecule has 3 amide bonds. The number of rotatable bonds is 1. The van der Waals surface area contributed by atoms with Gasteiger partial charge < -0.3 is 14.8 Å². The number of hydrogen-bond acceptors (Lipinski definition) is 4. The first-order chi connectivity index (χ1) is 16.9. The van der Waals surface area contributed by atoms with Crippen molar-refractivity contribution in [3.63, 3.8) is 0 Å². The molecule has 2 N–H and O–H groups in total. The first-order valence-electron chi connectivity index (χ1n) is 12.1. The van der Waals surface area contributed by atoms with Gasteiger partial charge in [-0.3, -0.25) is 19.7 Å². The maximum atomic E-state index is 13.8. The second kappa shape index (κ2) is 9.48. The van der Waals surface area contributed by atoms with Gasteiger partial charge in [-0.2, -0.15) is 0 Å². The number of amides is 3. The monoisotopic (exact) mass is 477 g/mol. The summed E-state index contributed by atoms with van der Waals surface area (Å²) in [7, 11) is 0. The molecule has 1 aromatic heterocycles. The normalized spacial score (nSPS) is 21.3. The van der Waals surface area contributed by atoms with E-state index in [1.54, 1.807) is 41.3 Å². The molecule has 8 nitrogen and oxygen atoms in total. The molecule has 3 heterocycles. The lowest BCUT2D eigenvalue weighted by Gasteiger charge is -2.21. The Labute approximate surface area is 202 Å². The molecule has 2 aliphatic heterocycles. The number of nitrogens with one attached hydrogen (secondary N) is 2. The molecule has 1 saturated heterocycles. The van der Waals surface area contributed by atoms with E-state index in [4.69, 9.17) is 0 Å². The third-order valence-electron chi connectivity index (χ3n) is 6.75. The van der Waals surface area contributed by atoms with Crippen molar-refractivity contribution in [1.82, 2.24) is 19.8 Å². The number of benzene rings is 2. The average Bonchev–Trinajstić information content (AvgIpc) is 3.45. The third kappa shape index (κ3) is 4.50. The minimum absolute atomic E-state index is 0.0817. The summed E-state index contributed by atoms with van der Waals surface area (Å²) in [5.74, 6) is -0.494. The smallest absolute Gasteiger partial charge is 0.257 e. The standard InChI is InChI=1S/C26H28FN5O3/c1-16-6-2-3-12-28-23(33)17-7-4-8-18(14-17)24(34)30-26-29-21-10-5-9-20(22(21)32(16)26)25(35)31-13-11-19(27)15-31/h4-5,7-10,14,16,19H,2-3,6,11-13,15H2,1H3,(H,28,33)(H,29,30,34)/t16-,19-/m0/s1. The molecule has 2 aliphatic rings. The van der Waals surface area contributed by atoms with Gasteiger partial charge in [0.15, 0.2) is 0 Å². The molecule has 5 rings (SSSR count). The van der Waals surface area contributed by atoms with Gasteiger partial charge in [-0.1, -0.05) is 12.1 Å². The molecule has 0 unspecified atom stereocenters. The Morgan fingerprint density at radius 2 is 1.83 bits per heavy atom. The fraction of sp³-hybridized carbons (Fsp3) is 0.385. The second-order valence-electron chi connectivity index (χ2n) is 9.25. The van der Waals surface area contributed by atoms with Crippen molar-refractivity contribution in [2.75, 3.05) is 25.0 Å². The van der Waals surface area contributed by atoms with E-state index < -0.39 is 12.1 Å². The molecule has 1 fully saturated rings. The Bertz CT molecular complexity index is 1300. The van der Waals surface area contributed by atoms with Gasteiger partial charge in [0, 0.05) is 30.3 Å². The zero-order chi connectivity index (χ0) is 24.5. The third-order valence-corrected chi connectivity index (χ3v) is 6.75. The number of carbonyl (C=O) groups is 3. The Hall–Kier alpha value is -3.75. The number of imidazole rings is 1. The predicted molar refractivity (Wildman–Crippen MR) is 130 cm³/mol. The zero-order valence-corrected chi connectivity index (χ0v) is 19.6. The van der Waals surface area contributed by atoms with Gasteiger partial charge in [-0.15, -0.1) is 0 Å². The minimum Gasteiger partial charge on any atom is -0.352 e. The van der Waals surface area contributed by atoms with Crippen LogP contribution >= 0.6 is 0 Å². The van der Waals surface area contributed by atoms with E-state index in [2.05, 4.69) is 15.6 Å². The van der Waals surface area contributed by atoms with E-state index in [-0.39, 0.29) is 24.4 Å². The number of likely N-dealkylation sites (tertiary alicyclic amines) is 1. The van der Waals surface area contributed by atoms with Crippen LogP contribution in [0.5, 0.6) is 0 Å². The first kappa shape index (κ1) is 23.0. The molecule has 0 aliphatic carbocycles. The number of para-hydroxylation sites is 1. The lowest BCUT2D eigenvalue weighted by Crippen LogP contribution is -2.29. The summed E-state index contributed by atoms with van der Waals surface area (Å²) in [4.78, 5) is 45.2. The summed E-state index contributed by atoms with van der Waals surface area (Å²) in [5, 5.41) is 5.80. The van der Waals surface area contributed by atoms with E-state index in [1.807, 2.05) is 17.6 Å². The van der Waals surface area contributed by atoms with E-state index in [0.29, 0.717) is 53.2 Å². The molecule has 9 heteroatoms. The number of hydrogen-bond donors (Lipinski definition) is 2. The van der Waals surface area contributed by atoms with Crippen LogP contribution in [0.3, 0.4) is 0 Å². The van der Waals surface area contributed by atoms with Gasteiger partial charge in [0.2, 0.25) is 5.95 Å².